The summed E-state index contributed by atoms with van der Waals surface area (Å²) in [6.45, 7) is 5.78. The van der Waals surface area contributed by atoms with Crippen molar-refractivity contribution in [1.82, 2.24) is 0 Å². The van der Waals surface area contributed by atoms with E-state index in [4.69, 9.17) is 22.1 Å². The molecule has 0 unspecified atom stereocenters. The van der Waals surface area contributed by atoms with Crippen LogP contribution in [0.1, 0.15) is 26.7 Å². The SMILES string of the molecule is CC(C)OCCCCNc1cccc(Cl)c1N. The summed E-state index contributed by atoms with van der Waals surface area (Å²) in [6, 6.07) is 5.62. The summed E-state index contributed by atoms with van der Waals surface area (Å²) >= 11 is 5.93. The van der Waals surface area contributed by atoms with Crippen molar-refractivity contribution in [2.45, 2.75) is 32.8 Å². The predicted octanol–water partition coefficient (Wildman–Crippen LogP) is 3.54. The molecule has 0 atom stereocenters. The van der Waals surface area contributed by atoms with Crippen LogP contribution < -0.4 is 11.1 Å². The van der Waals surface area contributed by atoms with Crippen molar-refractivity contribution >= 4 is 23.0 Å². The van der Waals surface area contributed by atoms with Gasteiger partial charge in [0.15, 0.2) is 0 Å². The lowest BCUT2D eigenvalue weighted by atomic mass is 10.2. The Balaban J connectivity index is 2.20. The summed E-state index contributed by atoms with van der Waals surface area (Å²) in [5.74, 6) is 0. The number of halogens is 1. The van der Waals surface area contributed by atoms with Gasteiger partial charge in [0.1, 0.15) is 0 Å². The third-order valence-electron chi connectivity index (χ3n) is 2.39. The molecular formula is C13H21ClN2O. The highest BCUT2D eigenvalue weighted by Gasteiger charge is 2.01. The maximum Gasteiger partial charge on any atom is 0.0739 e. The number of nitrogen functional groups attached to an aromatic ring is 1. The largest absolute Gasteiger partial charge is 0.396 e. The molecule has 4 heteroatoms. The zero-order chi connectivity index (χ0) is 12.7. The highest BCUT2D eigenvalue weighted by atomic mass is 35.5. The minimum absolute atomic E-state index is 0.312. The third kappa shape index (κ3) is 5.29. The molecule has 0 aromatic heterocycles. The Hall–Kier alpha value is -0.930. The van der Waals surface area contributed by atoms with E-state index in [9.17, 15) is 0 Å². The molecule has 0 aliphatic heterocycles. The van der Waals surface area contributed by atoms with Gasteiger partial charge in [-0.25, -0.2) is 0 Å². The van der Waals surface area contributed by atoms with E-state index < -0.39 is 0 Å². The minimum atomic E-state index is 0.312. The van der Waals surface area contributed by atoms with Gasteiger partial charge in [0.25, 0.3) is 0 Å². The summed E-state index contributed by atoms with van der Waals surface area (Å²) in [7, 11) is 0. The van der Waals surface area contributed by atoms with Crippen LogP contribution in [0.25, 0.3) is 0 Å². The highest BCUT2D eigenvalue weighted by molar-refractivity contribution is 6.33. The Bertz CT molecular complexity index is 342. The molecule has 0 spiro atoms. The summed E-state index contributed by atoms with van der Waals surface area (Å²) in [5.41, 5.74) is 7.37. The van der Waals surface area contributed by atoms with E-state index in [0.29, 0.717) is 16.8 Å². The van der Waals surface area contributed by atoms with Crippen LogP contribution in [0.5, 0.6) is 0 Å². The first-order chi connectivity index (χ1) is 8.11. The monoisotopic (exact) mass is 256 g/mol. The summed E-state index contributed by atoms with van der Waals surface area (Å²) in [4.78, 5) is 0. The molecule has 1 aromatic carbocycles. The molecule has 17 heavy (non-hydrogen) atoms. The molecule has 0 aliphatic rings. The Kier molecular flexibility index (Phi) is 6.16. The number of unbranched alkanes of at least 4 members (excludes halogenated alkanes) is 1. The smallest absolute Gasteiger partial charge is 0.0739 e. The van der Waals surface area contributed by atoms with Crippen molar-refractivity contribution in [3.8, 4) is 0 Å². The Labute approximate surface area is 108 Å². The van der Waals surface area contributed by atoms with Gasteiger partial charge in [0, 0.05) is 13.2 Å². The lowest BCUT2D eigenvalue weighted by Gasteiger charge is -2.11. The first kappa shape index (κ1) is 14.1. The molecule has 1 rings (SSSR count). The number of hydrogen-bond acceptors (Lipinski definition) is 3. The van der Waals surface area contributed by atoms with E-state index in [-0.39, 0.29) is 0 Å². The second kappa shape index (κ2) is 7.41. The number of hydrogen-bond donors (Lipinski definition) is 2. The van der Waals surface area contributed by atoms with Crippen LogP contribution in [-0.4, -0.2) is 19.3 Å². The summed E-state index contributed by atoms with van der Waals surface area (Å²) in [6.07, 6.45) is 2.41. The maximum absolute atomic E-state index is 5.93. The maximum atomic E-state index is 5.93. The van der Waals surface area contributed by atoms with Crippen LogP contribution in [0.15, 0.2) is 18.2 Å². The van der Waals surface area contributed by atoms with Crippen LogP contribution in [-0.2, 0) is 4.74 Å². The standard InChI is InChI=1S/C13H21ClN2O/c1-10(2)17-9-4-3-8-16-12-7-5-6-11(14)13(12)15/h5-7,10,16H,3-4,8-9,15H2,1-2H3. The molecule has 0 amide bonds. The predicted molar refractivity (Wildman–Crippen MR) is 74.7 cm³/mol. The van der Waals surface area contributed by atoms with E-state index in [1.54, 1.807) is 6.07 Å². The van der Waals surface area contributed by atoms with E-state index in [2.05, 4.69) is 5.32 Å². The lowest BCUT2D eigenvalue weighted by Crippen LogP contribution is -2.08. The Morgan fingerprint density at radius 2 is 2.12 bits per heavy atom. The van der Waals surface area contributed by atoms with E-state index >= 15 is 0 Å². The first-order valence-corrected chi connectivity index (χ1v) is 6.38. The Morgan fingerprint density at radius 3 is 2.82 bits per heavy atom. The van der Waals surface area contributed by atoms with Crippen molar-refractivity contribution in [1.29, 1.82) is 0 Å². The number of ether oxygens (including phenoxy) is 1. The molecule has 0 radical (unpaired) electrons. The third-order valence-corrected chi connectivity index (χ3v) is 2.72. The second-order valence-electron chi connectivity index (χ2n) is 4.25. The molecule has 0 aliphatic carbocycles. The average Bonchev–Trinajstić information content (AvgIpc) is 2.28. The number of anilines is 2. The highest BCUT2D eigenvalue weighted by Crippen LogP contribution is 2.26. The molecule has 0 heterocycles. The van der Waals surface area contributed by atoms with Crippen molar-refractivity contribution in [2.24, 2.45) is 0 Å². The van der Waals surface area contributed by atoms with Crippen LogP contribution in [0.4, 0.5) is 11.4 Å². The molecule has 0 fully saturated rings. The van der Waals surface area contributed by atoms with Crippen LogP contribution in [0.2, 0.25) is 5.02 Å². The first-order valence-electron chi connectivity index (χ1n) is 6.00. The number of nitrogens with two attached hydrogens (primary N) is 1. The van der Waals surface area contributed by atoms with Crippen LogP contribution in [0.3, 0.4) is 0 Å². The fourth-order valence-corrected chi connectivity index (χ4v) is 1.63. The quantitative estimate of drug-likeness (QED) is 0.579. The topological polar surface area (TPSA) is 47.3 Å². The molecule has 0 saturated heterocycles. The zero-order valence-electron chi connectivity index (χ0n) is 10.5. The lowest BCUT2D eigenvalue weighted by molar-refractivity contribution is 0.0765. The molecule has 1 aromatic rings. The van der Waals surface area contributed by atoms with Gasteiger partial charge >= 0.3 is 0 Å². The van der Waals surface area contributed by atoms with Crippen molar-refractivity contribution in [2.75, 3.05) is 24.2 Å². The zero-order valence-corrected chi connectivity index (χ0v) is 11.3. The molecular weight excluding hydrogens is 236 g/mol. The second-order valence-corrected chi connectivity index (χ2v) is 4.66. The van der Waals surface area contributed by atoms with Crippen molar-refractivity contribution in [3.05, 3.63) is 23.2 Å². The molecule has 3 nitrogen and oxygen atoms in total. The molecule has 0 saturated carbocycles. The molecule has 0 bridgehead atoms. The number of benzene rings is 1. The van der Waals surface area contributed by atoms with Gasteiger partial charge in [0.2, 0.25) is 0 Å². The van der Waals surface area contributed by atoms with Gasteiger partial charge in [-0.15, -0.1) is 0 Å². The minimum Gasteiger partial charge on any atom is -0.396 e. The normalized spacial score (nSPS) is 10.8. The summed E-state index contributed by atoms with van der Waals surface area (Å²) < 4.78 is 5.46. The molecule has 3 N–H and O–H groups in total. The van der Waals surface area contributed by atoms with Gasteiger partial charge in [-0.2, -0.15) is 0 Å². The van der Waals surface area contributed by atoms with Crippen molar-refractivity contribution < 1.29 is 4.74 Å². The van der Waals surface area contributed by atoms with E-state index in [0.717, 1.165) is 31.7 Å². The fraction of sp³-hybridized carbons (Fsp3) is 0.538. The average molecular weight is 257 g/mol. The number of para-hydroxylation sites is 1. The number of rotatable bonds is 7. The van der Waals surface area contributed by atoms with E-state index in [1.807, 2.05) is 26.0 Å². The fourth-order valence-electron chi connectivity index (χ4n) is 1.46. The molecule has 96 valence electrons. The van der Waals surface area contributed by atoms with Gasteiger partial charge in [-0.05, 0) is 38.8 Å². The van der Waals surface area contributed by atoms with E-state index in [1.165, 1.54) is 0 Å². The Morgan fingerprint density at radius 1 is 1.35 bits per heavy atom. The van der Waals surface area contributed by atoms with Gasteiger partial charge in [-0.3, -0.25) is 0 Å². The number of nitrogens with one attached hydrogen (secondary N) is 1. The van der Waals surface area contributed by atoms with Gasteiger partial charge < -0.3 is 15.8 Å². The van der Waals surface area contributed by atoms with Gasteiger partial charge in [-0.1, -0.05) is 17.7 Å². The van der Waals surface area contributed by atoms with Gasteiger partial charge in [0.05, 0.1) is 22.5 Å². The van der Waals surface area contributed by atoms with Crippen molar-refractivity contribution in [3.63, 3.8) is 0 Å². The van der Waals surface area contributed by atoms with Crippen LogP contribution in [0, 0.1) is 0 Å². The summed E-state index contributed by atoms with van der Waals surface area (Å²) in [5, 5.41) is 3.87. The van der Waals surface area contributed by atoms with Crippen LogP contribution >= 0.6 is 11.6 Å².